The predicted octanol–water partition coefficient (Wildman–Crippen LogP) is 2.08. The van der Waals surface area contributed by atoms with Gasteiger partial charge in [-0.05, 0) is 20.8 Å². The summed E-state index contributed by atoms with van der Waals surface area (Å²) in [6.45, 7) is 10.1. The maximum atomic E-state index is 5.12. The van der Waals surface area contributed by atoms with Crippen molar-refractivity contribution in [3.8, 4) is 0 Å². The topological polar surface area (TPSA) is 9.23 Å². The molecule has 0 aliphatic carbocycles. The van der Waals surface area contributed by atoms with Gasteiger partial charge in [-0.2, -0.15) is 0 Å². The summed E-state index contributed by atoms with van der Waals surface area (Å²) in [6.07, 6.45) is 0. The molecule has 1 nitrogen and oxygen atoms in total. The molecule has 0 unspecified atom stereocenters. The first-order chi connectivity index (χ1) is 3.06. The van der Waals surface area contributed by atoms with Crippen LogP contribution in [-0.4, -0.2) is 12.2 Å². The second-order valence-corrected chi connectivity index (χ2v) is 2.46. The molecule has 0 spiro atoms. The molecular formula is C7H16OW. The van der Waals surface area contributed by atoms with E-state index in [0.717, 1.165) is 0 Å². The fraction of sp³-hybridized carbons (Fsp3) is 0.714. The molecular weight excluding hydrogens is 284 g/mol. The van der Waals surface area contributed by atoms with Crippen LogP contribution in [0.2, 0.25) is 0 Å². The summed E-state index contributed by atoms with van der Waals surface area (Å²) in [4.78, 5) is 0. The van der Waals surface area contributed by atoms with E-state index >= 15 is 0 Å². The summed E-state index contributed by atoms with van der Waals surface area (Å²) in [6, 6.07) is 0. The summed E-state index contributed by atoms with van der Waals surface area (Å²) in [5.41, 5.74) is -0.0122. The van der Waals surface area contributed by atoms with Crippen molar-refractivity contribution in [2.24, 2.45) is 0 Å². The van der Waals surface area contributed by atoms with Crippen molar-refractivity contribution >= 4 is 0 Å². The molecule has 2 heteroatoms. The molecule has 0 rings (SSSR count). The fourth-order valence-electron chi connectivity index (χ4n) is 0.306. The third-order valence-electron chi connectivity index (χ3n) is 0.535. The standard InChI is InChI=1S/C6H13O.CH3.W/c1-5-7-6(2,3)4;;/h1,5H2,2-4H3;1H3;/q2*-1;+2. The van der Waals surface area contributed by atoms with Gasteiger partial charge in [0.05, 0.1) is 5.60 Å². The van der Waals surface area contributed by atoms with Crippen LogP contribution in [-0.2, 0) is 25.8 Å². The van der Waals surface area contributed by atoms with Crippen LogP contribution in [0.4, 0.5) is 0 Å². The van der Waals surface area contributed by atoms with Crippen LogP contribution in [0.25, 0.3) is 0 Å². The van der Waals surface area contributed by atoms with E-state index in [4.69, 9.17) is 4.74 Å². The Hall–Kier alpha value is 0.648. The normalized spacial score (nSPS) is 9.33. The zero-order valence-electron chi connectivity index (χ0n) is 6.73. The van der Waals surface area contributed by atoms with Crippen LogP contribution < -0.4 is 0 Å². The molecule has 0 aliphatic rings. The van der Waals surface area contributed by atoms with E-state index in [-0.39, 0.29) is 34.1 Å². The third-order valence-corrected chi connectivity index (χ3v) is 0.535. The Bertz CT molecular complexity index is 47.4. The molecule has 0 fully saturated rings. The monoisotopic (exact) mass is 300 g/mol. The van der Waals surface area contributed by atoms with Crippen molar-refractivity contribution in [2.45, 2.75) is 26.4 Å². The first-order valence-corrected chi connectivity index (χ1v) is 2.49. The van der Waals surface area contributed by atoms with Gasteiger partial charge in [-0.25, -0.2) is 0 Å². The van der Waals surface area contributed by atoms with Crippen LogP contribution in [0.15, 0.2) is 0 Å². The first kappa shape index (κ1) is 16.3. The smallest absolute Gasteiger partial charge is 0.408 e. The van der Waals surface area contributed by atoms with Crippen molar-refractivity contribution in [3.05, 3.63) is 14.4 Å². The van der Waals surface area contributed by atoms with E-state index in [9.17, 15) is 0 Å². The Kier molecular flexibility index (Phi) is 12.3. The summed E-state index contributed by atoms with van der Waals surface area (Å²) in [7, 11) is 0. The number of hydrogen-bond donors (Lipinski definition) is 0. The van der Waals surface area contributed by atoms with E-state index in [0.29, 0.717) is 6.61 Å². The third kappa shape index (κ3) is 17.7. The second kappa shape index (κ2) is 6.76. The van der Waals surface area contributed by atoms with Crippen LogP contribution >= 0.6 is 0 Å². The molecule has 0 N–H and O–H groups in total. The van der Waals surface area contributed by atoms with E-state index < -0.39 is 0 Å². The van der Waals surface area contributed by atoms with E-state index in [1.165, 1.54) is 0 Å². The molecule has 0 aromatic carbocycles. The van der Waals surface area contributed by atoms with Gasteiger partial charge >= 0.3 is 21.1 Å². The first-order valence-electron chi connectivity index (χ1n) is 2.49. The average Bonchev–Trinajstić information content (AvgIpc) is 1.30. The summed E-state index contributed by atoms with van der Waals surface area (Å²) >= 11 is 0. The Morgan fingerprint density at radius 2 is 1.67 bits per heavy atom. The number of rotatable bonds is 1. The molecule has 0 heterocycles. The van der Waals surface area contributed by atoms with Crippen molar-refractivity contribution < 1.29 is 25.8 Å². The van der Waals surface area contributed by atoms with Gasteiger partial charge in [-0.1, -0.05) is 6.61 Å². The van der Waals surface area contributed by atoms with Gasteiger partial charge in [0.2, 0.25) is 0 Å². The van der Waals surface area contributed by atoms with Crippen LogP contribution in [0.3, 0.4) is 0 Å². The second-order valence-electron chi connectivity index (χ2n) is 2.46. The van der Waals surface area contributed by atoms with Crippen molar-refractivity contribution in [1.29, 1.82) is 0 Å². The molecule has 0 aromatic rings. The summed E-state index contributed by atoms with van der Waals surface area (Å²) in [5, 5.41) is 0. The van der Waals surface area contributed by atoms with Gasteiger partial charge in [0.1, 0.15) is 0 Å². The minimum Gasteiger partial charge on any atom is -0.408 e. The van der Waals surface area contributed by atoms with Crippen molar-refractivity contribution in [2.75, 3.05) is 6.61 Å². The molecule has 56 valence electrons. The van der Waals surface area contributed by atoms with Crippen LogP contribution in [0, 0.1) is 14.4 Å². The zero-order valence-corrected chi connectivity index (χ0v) is 9.66. The molecule has 0 saturated heterocycles. The molecule has 0 saturated carbocycles. The molecule has 0 atom stereocenters. The minimum absolute atomic E-state index is 0. The Labute approximate surface area is 73.4 Å². The zero-order chi connectivity index (χ0) is 5.91. The van der Waals surface area contributed by atoms with Gasteiger partial charge in [0, 0.05) is 0 Å². The van der Waals surface area contributed by atoms with Gasteiger partial charge < -0.3 is 19.1 Å². The van der Waals surface area contributed by atoms with Gasteiger partial charge in [0.15, 0.2) is 0 Å². The molecule has 0 bridgehead atoms. The van der Waals surface area contributed by atoms with E-state index in [1.54, 1.807) is 0 Å². The summed E-state index contributed by atoms with van der Waals surface area (Å²) in [5.74, 6) is 0. The SMILES string of the molecule is [CH2-]COC(C)(C)C.[CH3-].[W+2]. The minimum atomic E-state index is -0.0122. The Morgan fingerprint density at radius 1 is 1.33 bits per heavy atom. The van der Waals surface area contributed by atoms with Crippen LogP contribution in [0.1, 0.15) is 20.8 Å². The fourth-order valence-corrected chi connectivity index (χ4v) is 0.306. The molecule has 0 radical (unpaired) electrons. The van der Waals surface area contributed by atoms with Gasteiger partial charge in [0.25, 0.3) is 0 Å². The average molecular weight is 300 g/mol. The van der Waals surface area contributed by atoms with Gasteiger partial charge in [-0.3, -0.25) is 0 Å². The number of ether oxygens (including phenoxy) is 1. The maximum absolute atomic E-state index is 5.12. The molecule has 0 amide bonds. The van der Waals surface area contributed by atoms with Crippen molar-refractivity contribution in [3.63, 3.8) is 0 Å². The quantitative estimate of drug-likeness (QED) is 0.674. The Balaban J connectivity index is -0.000000180. The van der Waals surface area contributed by atoms with Gasteiger partial charge in [-0.15, -0.1) is 0 Å². The van der Waals surface area contributed by atoms with E-state index in [2.05, 4.69) is 6.92 Å². The number of hydrogen-bond acceptors (Lipinski definition) is 1. The molecule has 0 aliphatic heterocycles. The summed E-state index contributed by atoms with van der Waals surface area (Å²) < 4.78 is 5.12. The van der Waals surface area contributed by atoms with E-state index in [1.807, 2.05) is 20.8 Å². The predicted molar refractivity (Wildman–Crippen MR) is 37.5 cm³/mol. The molecule has 9 heavy (non-hydrogen) atoms. The Morgan fingerprint density at radius 3 is 1.67 bits per heavy atom. The van der Waals surface area contributed by atoms with Crippen molar-refractivity contribution in [1.82, 2.24) is 0 Å². The van der Waals surface area contributed by atoms with Crippen LogP contribution in [0.5, 0.6) is 0 Å². The maximum Gasteiger partial charge on any atom is 2.00 e. The molecule has 0 aromatic heterocycles. The largest absolute Gasteiger partial charge is 2.00 e.